The summed E-state index contributed by atoms with van der Waals surface area (Å²) in [6, 6.07) is -0.250. The van der Waals surface area contributed by atoms with Crippen molar-refractivity contribution in [3.8, 4) is 0 Å². The molecular weight excluding hydrogens is 258 g/mol. The van der Waals surface area contributed by atoms with Crippen LogP contribution < -0.4 is 16.6 Å². The summed E-state index contributed by atoms with van der Waals surface area (Å²) in [6.45, 7) is 7.93. The van der Waals surface area contributed by atoms with Gasteiger partial charge in [0.1, 0.15) is 11.3 Å². The summed E-state index contributed by atoms with van der Waals surface area (Å²) in [6.07, 6.45) is 3.39. The molecule has 0 aliphatic carbocycles. The van der Waals surface area contributed by atoms with E-state index in [1.54, 1.807) is 19.2 Å². The van der Waals surface area contributed by atoms with Crippen molar-refractivity contribution in [3.63, 3.8) is 0 Å². The van der Waals surface area contributed by atoms with Crippen LogP contribution in [0.2, 0.25) is 0 Å². The third-order valence-electron chi connectivity index (χ3n) is 3.13. The van der Waals surface area contributed by atoms with Crippen molar-refractivity contribution in [2.45, 2.75) is 6.04 Å². The number of hydrogen-bond donors (Lipinski definition) is 2. The molecule has 2 aromatic rings. The smallest absolute Gasteiger partial charge is 0.332 e. The van der Waals surface area contributed by atoms with E-state index < -0.39 is 11.2 Å². The van der Waals surface area contributed by atoms with Crippen LogP contribution in [-0.4, -0.2) is 25.6 Å². The van der Waals surface area contributed by atoms with Crippen molar-refractivity contribution < 1.29 is 0 Å². The largest absolute Gasteiger partial charge is 0.334 e. The summed E-state index contributed by atoms with van der Waals surface area (Å²) in [5.74, 6) is 0.537. The highest BCUT2D eigenvalue weighted by atomic mass is 16.2. The molecule has 0 bridgehead atoms. The van der Waals surface area contributed by atoms with E-state index in [-0.39, 0.29) is 6.04 Å². The van der Waals surface area contributed by atoms with E-state index in [1.165, 1.54) is 11.6 Å². The number of H-pyrrole nitrogens is 1. The van der Waals surface area contributed by atoms with Gasteiger partial charge in [-0.3, -0.25) is 13.9 Å². The van der Waals surface area contributed by atoms with Crippen LogP contribution in [0.25, 0.3) is 11.2 Å². The van der Waals surface area contributed by atoms with Crippen molar-refractivity contribution in [1.29, 1.82) is 0 Å². The lowest BCUT2D eigenvalue weighted by atomic mass is 10.3. The van der Waals surface area contributed by atoms with Gasteiger partial charge in [0.2, 0.25) is 0 Å². The van der Waals surface area contributed by atoms with Crippen molar-refractivity contribution in [3.05, 3.63) is 52.0 Å². The molecule has 0 spiro atoms. The molecule has 0 radical (unpaired) electrons. The Bertz CT molecular complexity index is 780. The summed E-state index contributed by atoms with van der Waals surface area (Å²) in [4.78, 5) is 31.2. The molecule has 106 valence electrons. The van der Waals surface area contributed by atoms with Gasteiger partial charge >= 0.3 is 5.69 Å². The zero-order chi connectivity index (χ0) is 14.9. The van der Waals surface area contributed by atoms with Gasteiger partial charge in [-0.2, -0.15) is 0 Å². The maximum absolute atomic E-state index is 12.1. The van der Waals surface area contributed by atoms with E-state index in [4.69, 9.17) is 0 Å². The van der Waals surface area contributed by atoms with Gasteiger partial charge in [0.25, 0.3) is 5.56 Å². The first kappa shape index (κ1) is 14.0. The molecular formula is C13H17N5O2. The van der Waals surface area contributed by atoms with Gasteiger partial charge in [0.15, 0.2) is 5.65 Å². The Balaban J connectivity index is 2.64. The van der Waals surface area contributed by atoms with Crippen LogP contribution >= 0.6 is 0 Å². The van der Waals surface area contributed by atoms with Crippen LogP contribution in [0.3, 0.4) is 0 Å². The lowest BCUT2D eigenvalue weighted by Gasteiger charge is -2.09. The Hall–Kier alpha value is -2.41. The van der Waals surface area contributed by atoms with E-state index in [0.717, 1.165) is 4.57 Å². The molecule has 7 heteroatoms. The topological polar surface area (TPSA) is 84.7 Å². The molecule has 7 nitrogen and oxygen atoms in total. The number of imidazole rings is 1. The number of fused-ring (bicyclic) bond motifs is 1. The zero-order valence-corrected chi connectivity index (χ0v) is 11.5. The molecule has 0 aliphatic rings. The molecule has 0 aliphatic heterocycles. The predicted molar refractivity (Wildman–Crippen MR) is 77.7 cm³/mol. The third kappa shape index (κ3) is 2.12. The minimum atomic E-state index is -0.408. The Morgan fingerprint density at radius 3 is 2.65 bits per heavy atom. The molecule has 2 N–H and O–H groups in total. The van der Waals surface area contributed by atoms with Crippen molar-refractivity contribution in [1.82, 2.24) is 24.4 Å². The summed E-state index contributed by atoms with van der Waals surface area (Å²) in [5, 5.41) is 3.14. The molecule has 0 saturated carbocycles. The predicted octanol–water partition coefficient (Wildman–Crippen LogP) is -0.0370. The van der Waals surface area contributed by atoms with Crippen LogP contribution in [0.1, 0.15) is 11.9 Å². The second-order valence-electron chi connectivity index (χ2n) is 4.44. The van der Waals surface area contributed by atoms with E-state index in [9.17, 15) is 9.59 Å². The first-order chi connectivity index (χ1) is 9.51. The second-order valence-corrected chi connectivity index (χ2v) is 4.44. The Kier molecular flexibility index (Phi) is 3.71. The molecule has 1 atom stereocenters. The quantitative estimate of drug-likeness (QED) is 0.750. The average Bonchev–Trinajstić information content (AvgIpc) is 2.89. The van der Waals surface area contributed by atoms with E-state index in [0.29, 0.717) is 23.5 Å². The van der Waals surface area contributed by atoms with Gasteiger partial charge in [-0.25, -0.2) is 9.78 Å². The van der Waals surface area contributed by atoms with Crippen LogP contribution in [0.4, 0.5) is 0 Å². The van der Waals surface area contributed by atoms with E-state index >= 15 is 0 Å². The molecule has 2 aromatic heterocycles. The zero-order valence-electron chi connectivity index (χ0n) is 11.5. The number of aromatic amines is 1. The minimum Gasteiger partial charge on any atom is -0.334 e. The highest BCUT2D eigenvalue weighted by molar-refractivity contribution is 5.69. The van der Waals surface area contributed by atoms with Crippen LogP contribution in [-0.2, 0) is 14.1 Å². The standard InChI is InChI=1S/C13H17N5O2/c1-5-7-14-8(6-2)10-15-9-11(16-10)17(3)13(20)18(4)12(9)19/h5-6,8,14H,1-2,7H2,3-4H3,(H,15,16). The maximum atomic E-state index is 12.1. The summed E-state index contributed by atoms with van der Waals surface area (Å²) >= 11 is 0. The number of rotatable bonds is 5. The molecule has 0 aromatic carbocycles. The van der Waals surface area contributed by atoms with Gasteiger partial charge in [0, 0.05) is 20.6 Å². The second kappa shape index (κ2) is 5.30. The van der Waals surface area contributed by atoms with Crippen LogP contribution in [0.15, 0.2) is 34.9 Å². The summed E-state index contributed by atoms with van der Waals surface area (Å²) in [5.41, 5.74) is -0.166. The molecule has 0 amide bonds. The molecule has 0 fully saturated rings. The van der Waals surface area contributed by atoms with Gasteiger partial charge in [-0.05, 0) is 0 Å². The fourth-order valence-corrected chi connectivity index (χ4v) is 1.99. The first-order valence-corrected chi connectivity index (χ1v) is 6.13. The minimum absolute atomic E-state index is 0.250. The summed E-state index contributed by atoms with van der Waals surface area (Å²) < 4.78 is 2.38. The van der Waals surface area contributed by atoms with Gasteiger partial charge < -0.3 is 10.3 Å². The maximum Gasteiger partial charge on any atom is 0.332 e. The molecule has 20 heavy (non-hydrogen) atoms. The highest BCUT2D eigenvalue weighted by Crippen LogP contribution is 2.13. The summed E-state index contributed by atoms with van der Waals surface area (Å²) in [7, 11) is 3.01. The molecule has 2 heterocycles. The van der Waals surface area contributed by atoms with Crippen molar-refractivity contribution in [2.75, 3.05) is 6.54 Å². The number of hydrogen-bond acceptors (Lipinski definition) is 4. The SMILES string of the molecule is C=CCNC(C=C)c1nc2c([nH]1)c(=O)n(C)c(=O)n2C. The number of aromatic nitrogens is 4. The normalized spacial score (nSPS) is 12.5. The van der Waals surface area contributed by atoms with Crippen molar-refractivity contribution in [2.24, 2.45) is 14.1 Å². The lowest BCUT2D eigenvalue weighted by Crippen LogP contribution is -2.36. The van der Waals surface area contributed by atoms with Gasteiger partial charge in [-0.15, -0.1) is 13.2 Å². The molecule has 0 saturated heterocycles. The van der Waals surface area contributed by atoms with Crippen LogP contribution in [0.5, 0.6) is 0 Å². The Morgan fingerprint density at radius 2 is 2.05 bits per heavy atom. The van der Waals surface area contributed by atoms with Gasteiger partial charge in [-0.1, -0.05) is 12.2 Å². The first-order valence-electron chi connectivity index (χ1n) is 6.13. The lowest BCUT2D eigenvalue weighted by molar-refractivity contribution is 0.642. The van der Waals surface area contributed by atoms with E-state index in [1.807, 2.05) is 0 Å². The molecule has 1 unspecified atom stereocenters. The Labute approximate surface area is 115 Å². The van der Waals surface area contributed by atoms with E-state index in [2.05, 4.69) is 28.4 Å². The Morgan fingerprint density at radius 1 is 1.35 bits per heavy atom. The fourth-order valence-electron chi connectivity index (χ4n) is 1.99. The van der Waals surface area contributed by atoms with Crippen molar-refractivity contribution >= 4 is 11.2 Å². The highest BCUT2D eigenvalue weighted by Gasteiger charge is 2.17. The molecule has 2 rings (SSSR count). The number of nitrogens with one attached hydrogen (secondary N) is 2. The average molecular weight is 275 g/mol. The fraction of sp³-hybridized carbons (Fsp3) is 0.308. The third-order valence-corrected chi connectivity index (χ3v) is 3.13. The number of nitrogens with zero attached hydrogens (tertiary/aromatic N) is 3. The van der Waals surface area contributed by atoms with Crippen LogP contribution in [0, 0.1) is 0 Å². The monoisotopic (exact) mass is 275 g/mol. The number of aryl methyl sites for hydroxylation is 1. The van der Waals surface area contributed by atoms with Gasteiger partial charge in [0.05, 0.1) is 6.04 Å².